The number of aromatic nitrogens is 2. The van der Waals surface area contributed by atoms with Crippen molar-refractivity contribution in [1.82, 2.24) is 19.4 Å². The zero-order valence-electron chi connectivity index (χ0n) is 14.2. The number of carbonyl (C=O) groups is 1. The number of carbonyl (C=O) groups excluding carboxylic acids is 1. The maximum Gasteiger partial charge on any atom is 0.253 e. The maximum absolute atomic E-state index is 12.8. The normalized spacial score (nSPS) is 23.2. The third-order valence-corrected chi connectivity index (χ3v) is 5.13. The molecule has 2 fully saturated rings. The zero-order valence-corrected chi connectivity index (χ0v) is 14.2. The van der Waals surface area contributed by atoms with Crippen LogP contribution in [0.4, 0.5) is 4.39 Å². The number of amides is 1. The molecule has 1 aromatic heterocycles. The van der Waals surface area contributed by atoms with Crippen molar-refractivity contribution in [2.24, 2.45) is 5.92 Å². The minimum absolute atomic E-state index is 0.0164. The van der Waals surface area contributed by atoms with E-state index < -0.39 is 6.67 Å². The van der Waals surface area contributed by atoms with E-state index >= 15 is 0 Å². The fraction of sp³-hybridized carbons (Fsp3) is 0.706. The van der Waals surface area contributed by atoms with Gasteiger partial charge in [0, 0.05) is 62.9 Å². The molecule has 1 aromatic rings. The Kier molecular flexibility index (Phi) is 5.28. The molecular weight excluding hydrogens is 311 g/mol. The van der Waals surface area contributed by atoms with Crippen LogP contribution in [0.3, 0.4) is 0 Å². The molecule has 1 unspecified atom stereocenters. The van der Waals surface area contributed by atoms with E-state index in [1.165, 1.54) is 0 Å². The van der Waals surface area contributed by atoms with Gasteiger partial charge in [0.25, 0.3) is 5.56 Å². The summed E-state index contributed by atoms with van der Waals surface area (Å²) >= 11 is 0. The minimum atomic E-state index is -0.402. The lowest BCUT2D eigenvalue weighted by atomic mass is 10.0. The van der Waals surface area contributed by atoms with Crippen LogP contribution in [0.5, 0.6) is 0 Å². The fourth-order valence-corrected chi connectivity index (χ4v) is 3.65. The minimum Gasteiger partial charge on any atom is -0.339 e. The lowest BCUT2D eigenvalue weighted by Crippen LogP contribution is -2.46. The van der Waals surface area contributed by atoms with E-state index in [1.54, 1.807) is 17.0 Å². The highest BCUT2D eigenvalue weighted by atomic mass is 19.1. The first-order chi connectivity index (χ1) is 11.6. The molecule has 0 aliphatic carbocycles. The SMILES string of the molecule is Cc1cc(=O)n(CCN2CCC(N3CC(CF)CC3=O)CC2)cn1. The fourth-order valence-electron chi connectivity index (χ4n) is 3.65. The second kappa shape index (κ2) is 7.42. The lowest BCUT2D eigenvalue weighted by Gasteiger charge is -2.36. The topological polar surface area (TPSA) is 58.4 Å². The van der Waals surface area contributed by atoms with Crippen molar-refractivity contribution in [3.63, 3.8) is 0 Å². The highest BCUT2D eigenvalue weighted by Gasteiger charge is 2.35. The first-order valence-corrected chi connectivity index (χ1v) is 8.67. The molecule has 0 bridgehead atoms. The summed E-state index contributed by atoms with van der Waals surface area (Å²) in [4.78, 5) is 32.2. The largest absolute Gasteiger partial charge is 0.339 e. The van der Waals surface area contributed by atoms with E-state index in [1.807, 2.05) is 11.8 Å². The molecule has 2 saturated heterocycles. The van der Waals surface area contributed by atoms with Crippen molar-refractivity contribution in [2.45, 2.75) is 38.8 Å². The molecule has 24 heavy (non-hydrogen) atoms. The van der Waals surface area contributed by atoms with Crippen LogP contribution in [0.25, 0.3) is 0 Å². The van der Waals surface area contributed by atoms with Gasteiger partial charge in [-0.05, 0) is 19.8 Å². The van der Waals surface area contributed by atoms with Gasteiger partial charge in [-0.2, -0.15) is 0 Å². The molecule has 1 atom stereocenters. The molecule has 0 spiro atoms. The molecule has 132 valence electrons. The summed E-state index contributed by atoms with van der Waals surface area (Å²) in [6, 6.07) is 1.79. The number of piperidine rings is 1. The summed E-state index contributed by atoms with van der Waals surface area (Å²) in [5, 5.41) is 0. The van der Waals surface area contributed by atoms with Gasteiger partial charge in [-0.1, -0.05) is 0 Å². The van der Waals surface area contributed by atoms with Crippen molar-refractivity contribution >= 4 is 5.91 Å². The number of hydrogen-bond donors (Lipinski definition) is 0. The number of halogens is 1. The molecular formula is C17H25FN4O2. The molecule has 2 aliphatic heterocycles. The number of nitrogens with zero attached hydrogens (tertiary/aromatic N) is 4. The molecule has 3 rings (SSSR count). The Morgan fingerprint density at radius 1 is 1.25 bits per heavy atom. The van der Waals surface area contributed by atoms with Crippen molar-refractivity contribution < 1.29 is 9.18 Å². The summed E-state index contributed by atoms with van der Waals surface area (Å²) in [7, 11) is 0. The average Bonchev–Trinajstić information content (AvgIpc) is 2.96. The van der Waals surface area contributed by atoms with E-state index in [0.29, 0.717) is 19.5 Å². The van der Waals surface area contributed by atoms with Crippen molar-refractivity contribution in [3.05, 3.63) is 28.4 Å². The molecule has 2 aliphatic rings. The van der Waals surface area contributed by atoms with Crippen LogP contribution in [0.15, 0.2) is 17.2 Å². The molecule has 0 N–H and O–H groups in total. The molecule has 0 saturated carbocycles. The average molecular weight is 336 g/mol. The van der Waals surface area contributed by atoms with Gasteiger partial charge in [-0.3, -0.25) is 18.5 Å². The standard InChI is InChI=1S/C17H25FN4O2/c1-13-8-16(23)21(12-19-13)7-6-20-4-2-15(3-5-20)22-11-14(10-18)9-17(22)24/h8,12,14-15H,2-7,9-11H2,1H3. The smallest absolute Gasteiger partial charge is 0.253 e. The molecule has 3 heterocycles. The zero-order chi connectivity index (χ0) is 17.1. The third-order valence-electron chi connectivity index (χ3n) is 5.13. The Balaban J connectivity index is 1.47. The van der Waals surface area contributed by atoms with Crippen LogP contribution >= 0.6 is 0 Å². The second-order valence-electron chi connectivity index (χ2n) is 6.91. The Bertz CT molecular complexity index is 640. The predicted molar refractivity (Wildman–Crippen MR) is 88.5 cm³/mol. The first kappa shape index (κ1) is 17.1. The van der Waals surface area contributed by atoms with Gasteiger partial charge in [0.1, 0.15) is 0 Å². The van der Waals surface area contributed by atoms with Crippen LogP contribution in [0.1, 0.15) is 25.0 Å². The van der Waals surface area contributed by atoms with E-state index in [0.717, 1.165) is 38.2 Å². The van der Waals surface area contributed by atoms with Crippen LogP contribution in [-0.4, -0.2) is 64.2 Å². The molecule has 6 nitrogen and oxygen atoms in total. The summed E-state index contributed by atoms with van der Waals surface area (Å²) in [6.45, 7) is 5.22. The summed E-state index contributed by atoms with van der Waals surface area (Å²) < 4.78 is 14.4. The monoisotopic (exact) mass is 336 g/mol. The maximum atomic E-state index is 12.8. The number of alkyl halides is 1. The number of aryl methyl sites for hydroxylation is 1. The van der Waals surface area contributed by atoms with Crippen LogP contribution in [-0.2, 0) is 11.3 Å². The Labute approximate surface area is 141 Å². The van der Waals surface area contributed by atoms with E-state index in [9.17, 15) is 14.0 Å². The Morgan fingerprint density at radius 3 is 2.62 bits per heavy atom. The van der Waals surface area contributed by atoms with Gasteiger partial charge in [-0.25, -0.2) is 4.98 Å². The first-order valence-electron chi connectivity index (χ1n) is 8.67. The van der Waals surface area contributed by atoms with Gasteiger partial charge in [-0.15, -0.1) is 0 Å². The van der Waals surface area contributed by atoms with E-state index in [2.05, 4.69) is 9.88 Å². The van der Waals surface area contributed by atoms with Crippen molar-refractivity contribution in [3.8, 4) is 0 Å². The highest BCUT2D eigenvalue weighted by Crippen LogP contribution is 2.25. The van der Waals surface area contributed by atoms with Gasteiger partial charge in [0.15, 0.2) is 0 Å². The van der Waals surface area contributed by atoms with Gasteiger partial charge in [0.05, 0.1) is 13.0 Å². The third kappa shape index (κ3) is 3.83. The quantitative estimate of drug-likeness (QED) is 0.799. The summed E-state index contributed by atoms with van der Waals surface area (Å²) in [5.74, 6) is -0.00942. The van der Waals surface area contributed by atoms with Crippen molar-refractivity contribution in [2.75, 3.05) is 32.9 Å². The van der Waals surface area contributed by atoms with E-state index in [4.69, 9.17) is 0 Å². The Hall–Kier alpha value is -1.76. The summed E-state index contributed by atoms with van der Waals surface area (Å²) in [6.07, 6.45) is 3.81. The lowest BCUT2D eigenvalue weighted by molar-refractivity contribution is -0.130. The van der Waals surface area contributed by atoms with E-state index in [-0.39, 0.29) is 23.4 Å². The van der Waals surface area contributed by atoms with Gasteiger partial charge >= 0.3 is 0 Å². The van der Waals surface area contributed by atoms with Crippen LogP contribution < -0.4 is 5.56 Å². The number of likely N-dealkylation sites (tertiary alicyclic amines) is 2. The van der Waals surface area contributed by atoms with Gasteiger partial charge < -0.3 is 9.80 Å². The summed E-state index contributed by atoms with van der Waals surface area (Å²) in [5.41, 5.74) is 0.719. The van der Waals surface area contributed by atoms with Crippen LogP contribution in [0, 0.1) is 12.8 Å². The highest BCUT2D eigenvalue weighted by molar-refractivity contribution is 5.79. The number of rotatable bonds is 5. The molecule has 1 amide bonds. The van der Waals surface area contributed by atoms with Crippen LogP contribution in [0.2, 0.25) is 0 Å². The van der Waals surface area contributed by atoms with Crippen molar-refractivity contribution in [1.29, 1.82) is 0 Å². The second-order valence-corrected chi connectivity index (χ2v) is 6.91. The molecule has 0 radical (unpaired) electrons. The van der Waals surface area contributed by atoms with Gasteiger partial charge in [0.2, 0.25) is 5.91 Å². The Morgan fingerprint density at radius 2 is 2.00 bits per heavy atom. The molecule has 0 aromatic carbocycles. The predicted octanol–water partition coefficient (Wildman–Crippen LogP) is 0.834. The molecule has 7 heteroatoms. The number of hydrogen-bond acceptors (Lipinski definition) is 4.